The van der Waals surface area contributed by atoms with E-state index in [4.69, 9.17) is 4.74 Å². The van der Waals surface area contributed by atoms with E-state index in [9.17, 15) is 4.79 Å². The van der Waals surface area contributed by atoms with Crippen molar-refractivity contribution in [3.63, 3.8) is 0 Å². The van der Waals surface area contributed by atoms with Crippen molar-refractivity contribution in [1.29, 1.82) is 0 Å². The van der Waals surface area contributed by atoms with E-state index in [2.05, 4.69) is 46.4 Å². The Balaban J connectivity index is 1.49. The van der Waals surface area contributed by atoms with Gasteiger partial charge in [-0.2, -0.15) is 0 Å². The van der Waals surface area contributed by atoms with Crippen LogP contribution in [-0.2, 0) is 0 Å². The maximum absolute atomic E-state index is 12.3. The number of nitrogens with zero attached hydrogens (tertiary/aromatic N) is 2. The van der Waals surface area contributed by atoms with Crippen LogP contribution in [0.25, 0.3) is 6.08 Å². The maximum atomic E-state index is 12.3. The monoisotopic (exact) mass is 409 g/mol. The zero-order chi connectivity index (χ0) is 19.6. The fourth-order valence-corrected chi connectivity index (χ4v) is 3.80. The average Bonchev–Trinajstić information content (AvgIpc) is 3.18. The number of anilines is 1. The van der Waals surface area contributed by atoms with Gasteiger partial charge in [0.2, 0.25) is 5.13 Å². The van der Waals surface area contributed by atoms with Crippen molar-refractivity contribution >= 4 is 40.2 Å². The Morgan fingerprint density at radius 3 is 2.68 bits per heavy atom. The first kappa shape index (κ1) is 19.9. The van der Waals surface area contributed by atoms with E-state index in [0.29, 0.717) is 23.1 Å². The standard InChI is InChI=1S/C21H19N3O2S2/c1-2-14-26-18-12-10-17(11-13-18)19(25)22-20-23-24-21(28-20)27-15-6-9-16-7-4-3-5-8-16/h2-13H,1,14-15H2,(H,22,23,25)/b9-6+. The van der Waals surface area contributed by atoms with E-state index in [0.717, 1.165) is 15.7 Å². The minimum atomic E-state index is -0.230. The van der Waals surface area contributed by atoms with Gasteiger partial charge < -0.3 is 4.74 Å². The summed E-state index contributed by atoms with van der Waals surface area (Å²) in [5, 5.41) is 11.4. The summed E-state index contributed by atoms with van der Waals surface area (Å²) in [6, 6.07) is 17.0. The number of amides is 1. The van der Waals surface area contributed by atoms with Crippen LogP contribution in [0.5, 0.6) is 5.75 Å². The predicted octanol–water partition coefficient (Wildman–Crippen LogP) is 5.16. The molecule has 0 aliphatic carbocycles. The Morgan fingerprint density at radius 1 is 1.14 bits per heavy atom. The third kappa shape index (κ3) is 6.07. The molecule has 0 aliphatic heterocycles. The summed E-state index contributed by atoms with van der Waals surface area (Å²) in [6.07, 6.45) is 5.82. The highest BCUT2D eigenvalue weighted by atomic mass is 32.2. The first-order valence-electron chi connectivity index (χ1n) is 8.57. The molecule has 1 amide bonds. The zero-order valence-corrected chi connectivity index (χ0v) is 16.7. The van der Waals surface area contributed by atoms with E-state index < -0.39 is 0 Å². The molecule has 3 rings (SSSR count). The molecular weight excluding hydrogens is 390 g/mol. The molecule has 0 spiro atoms. The van der Waals surface area contributed by atoms with E-state index in [1.54, 1.807) is 42.1 Å². The fourth-order valence-electron chi connectivity index (χ4n) is 2.21. The molecule has 142 valence electrons. The second-order valence-electron chi connectivity index (χ2n) is 5.58. The van der Waals surface area contributed by atoms with Crippen LogP contribution in [0, 0.1) is 0 Å². The van der Waals surface area contributed by atoms with Crippen LogP contribution in [0.15, 0.2) is 77.7 Å². The number of nitrogens with one attached hydrogen (secondary N) is 1. The molecule has 7 heteroatoms. The summed E-state index contributed by atoms with van der Waals surface area (Å²) in [4.78, 5) is 12.3. The van der Waals surface area contributed by atoms with Gasteiger partial charge in [-0.15, -0.1) is 10.2 Å². The SMILES string of the molecule is C=CCOc1ccc(C(=O)Nc2nnc(SC/C=C/c3ccccc3)s2)cc1. The molecule has 0 fully saturated rings. The van der Waals surface area contributed by atoms with Gasteiger partial charge in [0.25, 0.3) is 5.91 Å². The average molecular weight is 410 g/mol. The number of rotatable bonds is 9. The minimum Gasteiger partial charge on any atom is -0.490 e. The largest absolute Gasteiger partial charge is 0.490 e. The third-order valence-corrected chi connectivity index (χ3v) is 5.45. The summed E-state index contributed by atoms with van der Waals surface area (Å²) in [7, 11) is 0. The molecular formula is C21H19N3O2S2. The lowest BCUT2D eigenvalue weighted by molar-refractivity contribution is 0.102. The smallest absolute Gasteiger partial charge is 0.257 e. The van der Waals surface area contributed by atoms with Crippen LogP contribution in [0.3, 0.4) is 0 Å². The van der Waals surface area contributed by atoms with Crippen LogP contribution >= 0.6 is 23.1 Å². The lowest BCUT2D eigenvalue weighted by Crippen LogP contribution is -2.11. The number of ether oxygens (including phenoxy) is 1. The molecule has 0 saturated carbocycles. The lowest BCUT2D eigenvalue weighted by atomic mass is 10.2. The molecule has 2 aromatic carbocycles. The highest BCUT2D eigenvalue weighted by Gasteiger charge is 2.10. The molecule has 0 radical (unpaired) electrons. The van der Waals surface area contributed by atoms with Crippen LogP contribution in [-0.4, -0.2) is 28.5 Å². The Kier molecular flexibility index (Phi) is 7.40. The quantitative estimate of drug-likeness (QED) is 0.300. The molecule has 0 aliphatic rings. The van der Waals surface area contributed by atoms with E-state index >= 15 is 0 Å². The normalized spacial score (nSPS) is 10.7. The number of carbonyl (C=O) groups excluding carboxylic acids is 1. The molecule has 0 saturated heterocycles. The summed E-state index contributed by atoms with van der Waals surface area (Å²) >= 11 is 2.93. The van der Waals surface area contributed by atoms with E-state index in [1.165, 1.54) is 11.3 Å². The molecule has 28 heavy (non-hydrogen) atoms. The van der Waals surface area contributed by atoms with Gasteiger partial charge in [0.15, 0.2) is 4.34 Å². The van der Waals surface area contributed by atoms with Crippen molar-refractivity contribution in [2.45, 2.75) is 4.34 Å². The summed E-state index contributed by atoms with van der Waals surface area (Å²) in [5.41, 5.74) is 1.69. The van der Waals surface area contributed by atoms with Crippen molar-refractivity contribution in [1.82, 2.24) is 10.2 Å². The maximum Gasteiger partial charge on any atom is 0.257 e. The van der Waals surface area contributed by atoms with Crippen LogP contribution in [0.4, 0.5) is 5.13 Å². The Morgan fingerprint density at radius 2 is 1.93 bits per heavy atom. The molecule has 1 aromatic heterocycles. The molecule has 1 heterocycles. The lowest BCUT2D eigenvalue weighted by Gasteiger charge is -2.04. The van der Waals surface area contributed by atoms with E-state index in [1.807, 2.05) is 18.2 Å². The van der Waals surface area contributed by atoms with Crippen molar-refractivity contribution in [3.8, 4) is 5.75 Å². The van der Waals surface area contributed by atoms with Gasteiger partial charge in [0.1, 0.15) is 12.4 Å². The summed E-state index contributed by atoms with van der Waals surface area (Å²) in [5.74, 6) is 1.24. The molecule has 3 aromatic rings. The van der Waals surface area contributed by atoms with Crippen molar-refractivity contribution in [2.24, 2.45) is 0 Å². The van der Waals surface area contributed by atoms with Gasteiger partial charge in [-0.25, -0.2) is 0 Å². The molecule has 0 bridgehead atoms. The fraction of sp³-hybridized carbons (Fsp3) is 0.0952. The Labute approximate surface area is 172 Å². The van der Waals surface area contributed by atoms with E-state index in [-0.39, 0.29) is 5.91 Å². The summed E-state index contributed by atoms with van der Waals surface area (Å²) in [6.45, 7) is 4.03. The van der Waals surface area contributed by atoms with Crippen LogP contribution in [0.1, 0.15) is 15.9 Å². The van der Waals surface area contributed by atoms with Crippen molar-refractivity contribution in [2.75, 3.05) is 17.7 Å². The van der Waals surface area contributed by atoms with Crippen molar-refractivity contribution < 1.29 is 9.53 Å². The second kappa shape index (κ2) is 10.4. The number of aromatic nitrogens is 2. The predicted molar refractivity (Wildman–Crippen MR) is 116 cm³/mol. The van der Waals surface area contributed by atoms with Crippen molar-refractivity contribution in [3.05, 3.63) is 84.5 Å². The van der Waals surface area contributed by atoms with Crippen LogP contribution in [0.2, 0.25) is 0 Å². The molecule has 0 atom stereocenters. The molecule has 5 nitrogen and oxygen atoms in total. The Hall–Kier alpha value is -2.90. The molecule has 1 N–H and O–H groups in total. The van der Waals surface area contributed by atoms with Gasteiger partial charge in [-0.05, 0) is 29.8 Å². The second-order valence-corrected chi connectivity index (χ2v) is 7.82. The first-order valence-corrected chi connectivity index (χ1v) is 10.4. The summed E-state index contributed by atoms with van der Waals surface area (Å²) < 4.78 is 6.21. The van der Waals surface area contributed by atoms with Crippen LogP contribution < -0.4 is 10.1 Å². The van der Waals surface area contributed by atoms with Gasteiger partial charge in [-0.1, -0.05) is 78.2 Å². The topological polar surface area (TPSA) is 64.1 Å². The minimum absolute atomic E-state index is 0.230. The number of hydrogen-bond acceptors (Lipinski definition) is 6. The van der Waals surface area contributed by atoms with Gasteiger partial charge in [0, 0.05) is 11.3 Å². The number of thioether (sulfide) groups is 1. The Bertz CT molecular complexity index is 938. The van der Waals surface area contributed by atoms with Gasteiger partial charge in [0.05, 0.1) is 0 Å². The zero-order valence-electron chi connectivity index (χ0n) is 15.1. The van der Waals surface area contributed by atoms with Gasteiger partial charge in [-0.3, -0.25) is 10.1 Å². The molecule has 0 unspecified atom stereocenters. The number of hydrogen-bond donors (Lipinski definition) is 1. The van der Waals surface area contributed by atoms with Gasteiger partial charge >= 0.3 is 0 Å². The first-order chi connectivity index (χ1) is 13.7. The third-order valence-electron chi connectivity index (χ3n) is 3.52. The number of carbonyl (C=O) groups is 1. The number of benzene rings is 2. The highest BCUT2D eigenvalue weighted by molar-refractivity contribution is 8.01. The highest BCUT2D eigenvalue weighted by Crippen LogP contribution is 2.26.